The van der Waals surface area contributed by atoms with Crippen molar-refractivity contribution < 1.29 is 9.53 Å². The van der Waals surface area contributed by atoms with E-state index < -0.39 is 6.09 Å². The van der Waals surface area contributed by atoms with E-state index >= 15 is 0 Å². The van der Waals surface area contributed by atoms with E-state index in [9.17, 15) is 4.79 Å². The van der Waals surface area contributed by atoms with Crippen LogP contribution in [0.15, 0.2) is 54.6 Å². The van der Waals surface area contributed by atoms with Gasteiger partial charge in [0.05, 0.1) is 6.54 Å². The zero-order chi connectivity index (χ0) is 22.0. The largest absolute Gasteiger partial charge is 0.449 e. The summed E-state index contributed by atoms with van der Waals surface area (Å²) in [6.45, 7) is 8.93. The molecule has 0 saturated carbocycles. The molecule has 0 aromatic heterocycles. The highest BCUT2D eigenvalue weighted by molar-refractivity contribution is 5.79. The SMILES string of the molecule is Cc1cc(C)c(C)c(C#CCNC(=O)OCC2c3ccccc3-c3ccccc32)c1C. The Kier molecular flexibility index (Phi) is 5.82. The Morgan fingerprint density at radius 2 is 1.45 bits per heavy atom. The van der Waals surface area contributed by atoms with Crippen LogP contribution in [0.25, 0.3) is 11.1 Å². The van der Waals surface area contributed by atoms with Gasteiger partial charge >= 0.3 is 6.09 Å². The molecule has 3 heteroatoms. The van der Waals surface area contributed by atoms with Crippen molar-refractivity contribution in [1.82, 2.24) is 5.32 Å². The Balaban J connectivity index is 1.38. The summed E-state index contributed by atoms with van der Waals surface area (Å²) in [5.74, 6) is 6.35. The van der Waals surface area contributed by atoms with Gasteiger partial charge in [0.15, 0.2) is 0 Å². The summed E-state index contributed by atoms with van der Waals surface area (Å²) in [4.78, 5) is 12.3. The third kappa shape index (κ3) is 4.07. The highest BCUT2D eigenvalue weighted by atomic mass is 16.5. The second-order valence-corrected chi connectivity index (χ2v) is 8.12. The van der Waals surface area contributed by atoms with Crippen LogP contribution in [-0.4, -0.2) is 19.2 Å². The van der Waals surface area contributed by atoms with Gasteiger partial charge in [0.25, 0.3) is 0 Å². The Morgan fingerprint density at radius 3 is 2.03 bits per heavy atom. The van der Waals surface area contributed by atoms with Crippen LogP contribution in [0.5, 0.6) is 0 Å². The maximum atomic E-state index is 12.3. The second-order valence-electron chi connectivity index (χ2n) is 8.12. The number of carbonyl (C=O) groups excluding carboxylic acids is 1. The van der Waals surface area contributed by atoms with Crippen LogP contribution in [0.4, 0.5) is 4.79 Å². The number of nitrogens with one attached hydrogen (secondary N) is 1. The zero-order valence-corrected chi connectivity index (χ0v) is 18.5. The van der Waals surface area contributed by atoms with E-state index in [0.717, 1.165) is 5.56 Å². The van der Waals surface area contributed by atoms with Crippen LogP contribution in [0.2, 0.25) is 0 Å². The fraction of sp³-hybridized carbons (Fsp3) is 0.250. The Hall–Kier alpha value is -3.51. The number of aryl methyl sites for hydroxylation is 2. The Morgan fingerprint density at radius 1 is 0.903 bits per heavy atom. The standard InChI is InChI=1S/C28H27NO2/c1-18-16-19(2)21(4)22(20(18)3)14-9-15-29-28(30)31-17-27-25-12-7-5-10-23(25)24-11-6-8-13-26(24)27/h5-8,10-13,16,27H,15,17H2,1-4H3,(H,29,30). The lowest BCUT2D eigenvalue weighted by Crippen LogP contribution is -2.26. The highest BCUT2D eigenvalue weighted by Crippen LogP contribution is 2.44. The summed E-state index contributed by atoms with van der Waals surface area (Å²) in [6.07, 6.45) is -0.440. The molecule has 1 aliphatic carbocycles. The molecule has 1 amide bonds. The minimum absolute atomic E-state index is 0.0600. The van der Waals surface area contributed by atoms with E-state index in [1.807, 2.05) is 24.3 Å². The zero-order valence-electron chi connectivity index (χ0n) is 18.5. The lowest BCUT2D eigenvalue weighted by atomic mass is 9.94. The van der Waals surface area contributed by atoms with Crippen molar-refractivity contribution >= 4 is 6.09 Å². The maximum Gasteiger partial charge on any atom is 0.407 e. The van der Waals surface area contributed by atoms with Crippen LogP contribution in [0.1, 0.15) is 44.9 Å². The Bertz CT molecular complexity index is 1140. The molecule has 0 fully saturated rings. The minimum atomic E-state index is -0.440. The van der Waals surface area contributed by atoms with Gasteiger partial charge in [-0.1, -0.05) is 66.4 Å². The topological polar surface area (TPSA) is 38.3 Å². The van der Waals surface area contributed by atoms with Gasteiger partial charge in [-0.3, -0.25) is 0 Å². The van der Waals surface area contributed by atoms with Crippen molar-refractivity contribution in [3.8, 4) is 23.0 Å². The fourth-order valence-corrected chi connectivity index (χ4v) is 4.30. The molecule has 0 heterocycles. The van der Waals surface area contributed by atoms with Gasteiger partial charge in [-0.05, 0) is 72.2 Å². The minimum Gasteiger partial charge on any atom is -0.449 e. The molecule has 3 nitrogen and oxygen atoms in total. The molecule has 0 atom stereocenters. The molecule has 0 bridgehead atoms. The third-order valence-electron chi connectivity index (χ3n) is 6.24. The quantitative estimate of drug-likeness (QED) is 0.554. The lowest BCUT2D eigenvalue weighted by Gasteiger charge is -2.14. The number of fused-ring (bicyclic) bond motifs is 3. The summed E-state index contributed by atoms with van der Waals surface area (Å²) in [7, 11) is 0. The van der Waals surface area contributed by atoms with E-state index in [0.29, 0.717) is 6.61 Å². The smallest absolute Gasteiger partial charge is 0.407 e. The van der Waals surface area contributed by atoms with Crippen LogP contribution < -0.4 is 5.32 Å². The van der Waals surface area contributed by atoms with Gasteiger partial charge in [0, 0.05) is 11.5 Å². The van der Waals surface area contributed by atoms with Crippen LogP contribution in [-0.2, 0) is 4.74 Å². The van der Waals surface area contributed by atoms with Gasteiger partial charge in [0.1, 0.15) is 6.61 Å². The van der Waals surface area contributed by atoms with Gasteiger partial charge in [-0.15, -0.1) is 0 Å². The van der Waals surface area contributed by atoms with Crippen molar-refractivity contribution in [3.63, 3.8) is 0 Å². The van der Waals surface area contributed by atoms with Crippen molar-refractivity contribution in [2.75, 3.05) is 13.2 Å². The first-order valence-electron chi connectivity index (χ1n) is 10.6. The summed E-state index contributed by atoms with van der Waals surface area (Å²) in [5.41, 5.74) is 10.7. The number of ether oxygens (including phenoxy) is 1. The summed E-state index contributed by atoms with van der Waals surface area (Å²) >= 11 is 0. The first-order chi connectivity index (χ1) is 15.0. The van der Waals surface area contributed by atoms with Crippen molar-refractivity contribution in [3.05, 3.63) is 93.5 Å². The molecular formula is C28H27NO2. The van der Waals surface area contributed by atoms with E-state index in [2.05, 4.69) is 75.2 Å². The first-order valence-corrected chi connectivity index (χ1v) is 10.6. The van der Waals surface area contributed by atoms with E-state index in [4.69, 9.17) is 4.74 Å². The molecule has 156 valence electrons. The van der Waals surface area contributed by atoms with Crippen molar-refractivity contribution in [2.24, 2.45) is 0 Å². The van der Waals surface area contributed by atoms with E-state index in [1.165, 1.54) is 44.5 Å². The van der Waals surface area contributed by atoms with E-state index in [-0.39, 0.29) is 12.5 Å². The molecule has 0 unspecified atom stereocenters. The first kappa shape index (κ1) is 20.8. The van der Waals surface area contributed by atoms with Gasteiger partial charge in [-0.25, -0.2) is 4.79 Å². The molecule has 31 heavy (non-hydrogen) atoms. The van der Waals surface area contributed by atoms with Gasteiger partial charge < -0.3 is 10.1 Å². The molecule has 0 radical (unpaired) electrons. The summed E-state index contributed by atoms with van der Waals surface area (Å²) in [6, 6.07) is 18.8. The number of benzene rings is 3. The Labute approximate surface area is 184 Å². The lowest BCUT2D eigenvalue weighted by molar-refractivity contribution is 0.144. The molecule has 1 aliphatic rings. The number of alkyl carbamates (subject to hydrolysis) is 1. The number of carbonyl (C=O) groups is 1. The van der Waals surface area contributed by atoms with Crippen LogP contribution >= 0.6 is 0 Å². The number of rotatable bonds is 3. The second kappa shape index (κ2) is 8.70. The number of hydrogen-bond donors (Lipinski definition) is 1. The molecule has 0 aliphatic heterocycles. The van der Waals surface area contributed by atoms with Crippen LogP contribution in [0.3, 0.4) is 0 Å². The average molecular weight is 410 g/mol. The summed E-state index contributed by atoms with van der Waals surface area (Å²) < 4.78 is 5.56. The fourth-order valence-electron chi connectivity index (χ4n) is 4.30. The maximum absolute atomic E-state index is 12.3. The normalized spacial score (nSPS) is 11.9. The number of amides is 1. The predicted octanol–water partition coefficient (Wildman–Crippen LogP) is 5.81. The average Bonchev–Trinajstić information content (AvgIpc) is 3.09. The van der Waals surface area contributed by atoms with Crippen LogP contribution in [0, 0.1) is 39.5 Å². The number of hydrogen-bond acceptors (Lipinski definition) is 2. The van der Waals surface area contributed by atoms with Crippen molar-refractivity contribution in [1.29, 1.82) is 0 Å². The van der Waals surface area contributed by atoms with Gasteiger partial charge in [0.2, 0.25) is 0 Å². The monoisotopic (exact) mass is 409 g/mol. The third-order valence-corrected chi connectivity index (χ3v) is 6.24. The predicted molar refractivity (Wildman–Crippen MR) is 125 cm³/mol. The molecule has 0 saturated heterocycles. The molecular weight excluding hydrogens is 382 g/mol. The highest BCUT2D eigenvalue weighted by Gasteiger charge is 2.28. The molecule has 0 spiro atoms. The molecule has 1 N–H and O–H groups in total. The van der Waals surface area contributed by atoms with Gasteiger partial charge in [-0.2, -0.15) is 0 Å². The summed E-state index contributed by atoms with van der Waals surface area (Å²) in [5, 5.41) is 2.76. The van der Waals surface area contributed by atoms with Crippen molar-refractivity contribution in [2.45, 2.75) is 33.6 Å². The molecule has 4 rings (SSSR count). The van der Waals surface area contributed by atoms with E-state index in [1.54, 1.807) is 0 Å². The molecule has 3 aromatic carbocycles. The molecule has 3 aromatic rings.